The molecule has 2 aromatic rings. The summed E-state index contributed by atoms with van der Waals surface area (Å²) in [6.45, 7) is 3.83. The largest absolute Gasteiger partial charge is 0.478 e. The Morgan fingerprint density at radius 3 is 2.68 bits per heavy atom. The summed E-state index contributed by atoms with van der Waals surface area (Å²) in [5.41, 5.74) is 1.57. The molecule has 1 heterocycles. The second-order valence-electron chi connectivity index (χ2n) is 4.46. The van der Waals surface area contributed by atoms with Crippen molar-refractivity contribution in [2.24, 2.45) is 0 Å². The van der Waals surface area contributed by atoms with Crippen molar-refractivity contribution < 1.29 is 9.90 Å². The highest BCUT2D eigenvalue weighted by atomic mass is 79.9. The van der Waals surface area contributed by atoms with Gasteiger partial charge in [0.1, 0.15) is 0 Å². The Hall–Kier alpha value is -1.75. The maximum Gasteiger partial charge on any atom is 0.339 e. The number of nitrogens with zero attached hydrogens (tertiary/aromatic N) is 2. The monoisotopic (exact) mass is 320 g/mol. The van der Waals surface area contributed by atoms with Crippen LogP contribution in [0.1, 0.15) is 35.8 Å². The Balaban J connectivity index is 2.55. The van der Waals surface area contributed by atoms with Gasteiger partial charge in [0, 0.05) is 16.2 Å². The molecule has 0 radical (unpaired) electrons. The standard InChI is InChI=1S/C14H13BrN2O2/c1-8(2)12-11(14(18)19)7-16-13(17-12)9-4-3-5-10(15)6-9/h3-8H,1-2H3,(H,18,19). The first-order valence-corrected chi connectivity index (χ1v) is 6.64. The quantitative estimate of drug-likeness (QED) is 0.936. The van der Waals surface area contributed by atoms with Gasteiger partial charge in [-0.05, 0) is 18.1 Å². The van der Waals surface area contributed by atoms with Crippen molar-refractivity contribution in [2.75, 3.05) is 0 Å². The van der Waals surface area contributed by atoms with Crippen LogP contribution >= 0.6 is 15.9 Å². The van der Waals surface area contributed by atoms with Crippen LogP contribution in [0.15, 0.2) is 34.9 Å². The fourth-order valence-electron chi connectivity index (χ4n) is 1.77. The Bertz CT molecular complexity index is 627. The van der Waals surface area contributed by atoms with Gasteiger partial charge in [-0.15, -0.1) is 0 Å². The van der Waals surface area contributed by atoms with E-state index in [4.69, 9.17) is 5.11 Å². The molecule has 0 aliphatic heterocycles. The van der Waals surface area contributed by atoms with Crippen LogP contribution in [-0.2, 0) is 0 Å². The van der Waals surface area contributed by atoms with E-state index in [0.717, 1.165) is 10.0 Å². The van der Waals surface area contributed by atoms with Crippen LogP contribution in [0.25, 0.3) is 11.4 Å². The van der Waals surface area contributed by atoms with E-state index < -0.39 is 5.97 Å². The van der Waals surface area contributed by atoms with Gasteiger partial charge in [-0.3, -0.25) is 0 Å². The van der Waals surface area contributed by atoms with Crippen molar-refractivity contribution in [1.82, 2.24) is 9.97 Å². The van der Waals surface area contributed by atoms with Gasteiger partial charge in [-0.25, -0.2) is 14.8 Å². The summed E-state index contributed by atoms with van der Waals surface area (Å²) < 4.78 is 0.932. The normalized spacial score (nSPS) is 10.7. The van der Waals surface area contributed by atoms with Crippen molar-refractivity contribution in [2.45, 2.75) is 19.8 Å². The average Bonchev–Trinajstić information content (AvgIpc) is 2.37. The number of aromatic nitrogens is 2. The molecule has 5 heteroatoms. The van der Waals surface area contributed by atoms with E-state index in [9.17, 15) is 4.79 Å². The predicted molar refractivity (Wildman–Crippen MR) is 76.2 cm³/mol. The lowest BCUT2D eigenvalue weighted by Crippen LogP contribution is -2.08. The number of hydrogen-bond donors (Lipinski definition) is 1. The molecule has 0 amide bonds. The van der Waals surface area contributed by atoms with Crippen molar-refractivity contribution in [3.8, 4) is 11.4 Å². The SMILES string of the molecule is CC(C)c1nc(-c2cccc(Br)c2)ncc1C(=O)O. The lowest BCUT2D eigenvalue weighted by atomic mass is 10.0. The van der Waals surface area contributed by atoms with Gasteiger partial charge in [0.15, 0.2) is 5.82 Å². The summed E-state index contributed by atoms with van der Waals surface area (Å²) in [6.07, 6.45) is 1.38. The fourth-order valence-corrected chi connectivity index (χ4v) is 2.17. The minimum atomic E-state index is -0.996. The first-order valence-electron chi connectivity index (χ1n) is 5.85. The third kappa shape index (κ3) is 2.98. The molecule has 2 rings (SSSR count). The Kier molecular flexibility index (Phi) is 3.95. The van der Waals surface area contributed by atoms with E-state index in [0.29, 0.717) is 11.5 Å². The number of carboxylic acid groups (broad SMARTS) is 1. The van der Waals surface area contributed by atoms with Gasteiger partial charge in [-0.1, -0.05) is 41.9 Å². The van der Waals surface area contributed by atoms with Gasteiger partial charge in [0.25, 0.3) is 0 Å². The van der Waals surface area contributed by atoms with Crippen LogP contribution in [0.3, 0.4) is 0 Å². The molecule has 98 valence electrons. The molecule has 4 nitrogen and oxygen atoms in total. The highest BCUT2D eigenvalue weighted by molar-refractivity contribution is 9.10. The van der Waals surface area contributed by atoms with Crippen LogP contribution in [0.2, 0.25) is 0 Å². The molecule has 0 bridgehead atoms. The highest BCUT2D eigenvalue weighted by Crippen LogP contribution is 2.23. The van der Waals surface area contributed by atoms with Gasteiger partial charge in [0.05, 0.1) is 11.3 Å². The number of benzene rings is 1. The second-order valence-corrected chi connectivity index (χ2v) is 5.38. The van der Waals surface area contributed by atoms with Gasteiger partial charge < -0.3 is 5.11 Å². The number of aromatic carboxylic acids is 1. The molecule has 0 unspecified atom stereocenters. The predicted octanol–water partition coefficient (Wildman–Crippen LogP) is 3.73. The van der Waals surface area contributed by atoms with E-state index in [1.165, 1.54) is 6.20 Å². The number of halogens is 1. The van der Waals surface area contributed by atoms with Crippen molar-refractivity contribution >= 4 is 21.9 Å². The summed E-state index contributed by atoms with van der Waals surface area (Å²) in [6, 6.07) is 7.60. The van der Waals surface area contributed by atoms with E-state index >= 15 is 0 Å². The van der Waals surface area contributed by atoms with E-state index in [1.54, 1.807) is 0 Å². The molecule has 0 saturated heterocycles. The van der Waals surface area contributed by atoms with E-state index in [1.807, 2.05) is 38.1 Å². The molecule has 0 aliphatic rings. The maximum absolute atomic E-state index is 11.1. The van der Waals surface area contributed by atoms with Crippen LogP contribution < -0.4 is 0 Å². The summed E-state index contributed by atoms with van der Waals surface area (Å²) >= 11 is 3.39. The molecule has 1 aromatic heterocycles. The molecule has 0 aliphatic carbocycles. The molecule has 1 N–H and O–H groups in total. The number of rotatable bonds is 3. The zero-order valence-corrected chi connectivity index (χ0v) is 12.2. The summed E-state index contributed by atoms with van der Waals surface area (Å²) in [5.74, 6) is -0.431. The van der Waals surface area contributed by atoms with E-state index in [-0.39, 0.29) is 11.5 Å². The first-order chi connectivity index (χ1) is 8.99. The number of hydrogen-bond acceptors (Lipinski definition) is 3. The minimum Gasteiger partial charge on any atom is -0.478 e. The zero-order valence-electron chi connectivity index (χ0n) is 10.6. The molecule has 1 aromatic carbocycles. The molecule has 0 fully saturated rings. The molecule has 0 atom stereocenters. The molecule has 0 spiro atoms. The third-order valence-electron chi connectivity index (χ3n) is 2.68. The number of carbonyl (C=O) groups is 1. The summed E-state index contributed by atoms with van der Waals surface area (Å²) in [4.78, 5) is 19.7. The molecule has 0 saturated carbocycles. The van der Waals surface area contributed by atoms with Crippen molar-refractivity contribution in [3.05, 3.63) is 46.2 Å². The lowest BCUT2D eigenvalue weighted by Gasteiger charge is -2.10. The lowest BCUT2D eigenvalue weighted by molar-refractivity contribution is 0.0694. The summed E-state index contributed by atoms with van der Waals surface area (Å²) in [5, 5.41) is 9.13. The number of carboxylic acids is 1. The zero-order chi connectivity index (χ0) is 14.0. The van der Waals surface area contributed by atoms with E-state index in [2.05, 4.69) is 25.9 Å². The molecular formula is C14H13BrN2O2. The maximum atomic E-state index is 11.1. The van der Waals surface area contributed by atoms with Crippen LogP contribution in [0.5, 0.6) is 0 Å². The molecular weight excluding hydrogens is 308 g/mol. The Morgan fingerprint density at radius 2 is 2.11 bits per heavy atom. The first kappa shape index (κ1) is 13.7. The fraction of sp³-hybridized carbons (Fsp3) is 0.214. The Morgan fingerprint density at radius 1 is 1.37 bits per heavy atom. The average molecular weight is 321 g/mol. The third-order valence-corrected chi connectivity index (χ3v) is 3.17. The van der Waals surface area contributed by atoms with Crippen molar-refractivity contribution in [3.63, 3.8) is 0 Å². The topological polar surface area (TPSA) is 63.1 Å². The molecule has 19 heavy (non-hydrogen) atoms. The van der Waals surface area contributed by atoms with Gasteiger partial charge in [-0.2, -0.15) is 0 Å². The second kappa shape index (κ2) is 5.48. The smallest absolute Gasteiger partial charge is 0.339 e. The summed E-state index contributed by atoms with van der Waals surface area (Å²) in [7, 11) is 0. The van der Waals surface area contributed by atoms with Crippen LogP contribution in [-0.4, -0.2) is 21.0 Å². The van der Waals surface area contributed by atoms with Crippen LogP contribution in [0.4, 0.5) is 0 Å². The van der Waals surface area contributed by atoms with Gasteiger partial charge in [0.2, 0.25) is 0 Å². The Labute approximate surface area is 119 Å². The van der Waals surface area contributed by atoms with Crippen LogP contribution in [0, 0.1) is 0 Å². The van der Waals surface area contributed by atoms with Crippen molar-refractivity contribution in [1.29, 1.82) is 0 Å². The van der Waals surface area contributed by atoms with Gasteiger partial charge >= 0.3 is 5.97 Å². The minimum absolute atomic E-state index is 0.0278. The highest BCUT2D eigenvalue weighted by Gasteiger charge is 2.16.